The van der Waals surface area contributed by atoms with Gasteiger partial charge < -0.3 is 5.32 Å². The summed E-state index contributed by atoms with van der Waals surface area (Å²) in [5.41, 5.74) is 1.45. The van der Waals surface area contributed by atoms with Gasteiger partial charge in [0.05, 0.1) is 5.37 Å². The van der Waals surface area contributed by atoms with E-state index < -0.39 is 0 Å². The second kappa shape index (κ2) is 6.19. The minimum Gasteiger partial charge on any atom is -0.305 e. The third-order valence-corrected chi connectivity index (χ3v) is 4.04. The average molecular weight is 221 g/mol. The van der Waals surface area contributed by atoms with Crippen LogP contribution in [0.4, 0.5) is 0 Å². The van der Waals surface area contributed by atoms with E-state index in [4.69, 9.17) is 0 Å². The van der Waals surface area contributed by atoms with Crippen molar-refractivity contribution in [3.8, 4) is 0 Å². The molecule has 1 N–H and O–H groups in total. The standard InChI is InChI=1S/C13H19NS/c1-3-7-12(8-4-1)11-13-14-9-5-2-6-10-15-13/h1,3-4,7-8,13-14H,2,5-6,9-11H2. The van der Waals surface area contributed by atoms with Crippen molar-refractivity contribution < 1.29 is 0 Å². The summed E-state index contributed by atoms with van der Waals surface area (Å²) in [6.45, 7) is 1.19. The van der Waals surface area contributed by atoms with Crippen molar-refractivity contribution in [2.75, 3.05) is 12.3 Å². The fourth-order valence-electron chi connectivity index (χ4n) is 1.91. The normalized spacial score (nSPS) is 23.1. The molecule has 0 radical (unpaired) electrons. The summed E-state index contributed by atoms with van der Waals surface area (Å²) in [5, 5.41) is 4.25. The van der Waals surface area contributed by atoms with Crippen molar-refractivity contribution in [2.45, 2.75) is 31.1 Å². The molecule has 0 aliphatic carbocycles. The van der Waals surface area contributed by atoms with Gasteiger partial charge in [-0.15, -0.1) is 11.8 Å². The lowest BCUT2D eigenvalue weighted by Gasteiger charge is -2.21. The van der Waals surface area contributed by atoms with Gasteiger partial charge in [-0.25, -0.2) is 0 Å². The van der Waals surface area contributed by atoms with Crippen molar-refractivity contribution in [3.05, 3.63) is 35.9 Å². The molecule has 2 rings (SSSR count). The van der Waals surface area contributed by atoms with E-state index >= 15 is 0 Å². The highest BCUT2D eigenvalue weighted by Gasteiger charge is 2.10. The first-order valence-electron chi connectivity index (χ1n) is 5.84. The Balaban J connectivity index is 1.86. The van der Waals surface area contributed by atoms with Gasteiger partial charge in [0.15, 0.2) is 0 Å². The second-order valence-corrected chi connectivity index (χ2v) is 5.37. The zero-order valence-corrected chi connectivity index (χ0v) is 9.93. The van der Waals surface area contributed by atoms with Gasteiger partial charge in [-0.05, 0) is 37.1 Å². The van der Waals surface area contributed by atoms with Gasteiger partial charge >= 0.3 is 0 Å². The largest absolute Gasteiger partial charge is 0.305 e. The highest BCUT2D eigenvalue weighted by molar-refractivity contribution is 7.99. The molecule has 1 fully saturated rings. The molecule has 82 valence electrons. The predicted molar refractivity (Wildman–Crippen MR) is 68.2 cm³/mol. The van der Waals surface area contributed by atoms with Gasteiger partial charge in [0.2, 0.25) is 0 Å². The molecule has 1 atom stereocenters. The average Bonchev–Trinajstić information content (AvgIpc) is 2.23. The van der Waals surface area contributed by atoms with E-state index in [0.717, 1.165) is 6.42 Å². The minimum atomic E-state index is 0.618. The molecule has 0 bridgehead atoms. The molecule has 1 saturated heterocycles. The Labute approximate surface area is 96.7 Å². The first kappa shape index (κ1) is 11.0. The Morgan fingerprint density at radius 3 is 2.87 bits per heavy atom. The van der Waals surface area contributed by atoms with Gasteiger partial charge in [0, 0.05) is 0 Å². The highest BCUT2D eigenvalue weighted by atomic mass is 32.2. The van der Waals surface area contributed by atoms with Crippen LogP contribution in [0.15, 0.2) is 30.3 Å². The summed E-state index contributed by atoms with van der Waals surface area (Å²) in [7, 11) is 0. The van der Waals surface area contributed by atoms with Gasteiger partial charge in [-0.1, -0.05) is 36.8 Å². The van der Waals surface area contributed by atoms with Gasteiger partial charge in [-0.2, -0.15) is 0 Å². The van der Waals surface area contributed by atoms with E-state index in [1.165, 1.54) is 37.1 Å². The third kappa shape index (κ3) is 3.88. The van der Waals surface area contributed by atoms with E-state index in [2.05, 4.69) is 47.4 Å². The van der Waals surface area contributed by atoms with Crippen LogP contribution in [0.5, 0.6) is 0 Å². The topological polar surface area (TPSA) is 12.0 Å². The predicted octanol–water partition coefficient (Wildman–Crippen LogP) is 3.06. The summed E-state index contributed by atoms with van der Waals surface area (Å²) in [6, 6.07) is 10.8. The third-order valence-electron chi connectivity index (χ3n) is 2.78. The molecule has 15 heavy (non-hydrogen) atoms. The second-order valence-electron chi connectivity index (χ2n) is 4.06. The molecule has 1 unspecified atom stereocenters. The summed E-state index contributed by atoms with van der Waals surface area (Å²) >= 11 is 2.08. The zero-order valence-electron chi connectivity index (χ0n) is 9.11. The van der Waals surface area contributed by atoms with E-state index in [1.807, 2.05) is 0 Å². The molecular formula is C13H19NS. The van der Waals surface area contributed by atoms with Gasteiger partial charge in [0.1, 0.15) is 0 Å². The molecule has 1 aromatic rings. The summed E-state index contributed by atoms with van der Waals surface area (Å²) < 4.78 is 0. The van der Waals surface area contributed by atoms with E-state index in [-0.39, 0.29) is 0 Å². The van der Waals surface area contributed by atoms with Crippen molar-refractivity contribution in [3.63, 3.8) is 0 Å². The van der Waals surface area contributed by atoms with Crippen LogP contribution in [-0.2, 0) is 6.42 Å². The Bertz CT molecular complexity index is 265. The van der Waals surface area contributed by atoms with Crippen molar-refractivity contribution in [1.29, 1.82) is 0 Å². The number of hydrogen-bond acceptors (Lipinski definition) is 2. The molecule has 1 nitrogen and oxygen atoms in total. The smallest absolute Gasteiger partial charge is 0.0572 e. The number of benzene rings is 1. The Kier molecular flexibility index (Phi) is 4.55. The summed E-state index contributed by atoms with van der Waals surface area (Å²) in [4.78, 5) is 0. The Morgan fingerprint density at radius 1 is 1.13 bits per heavy atom. The van der Waals surface area contributed by atoms with Crippen LogP contribution in [0.25, 0.3) is 0 Å². The molecule has 0 saturated carbocycles. The van der Waals surface area contributed by atoms with Crippen molar-refractivity contribution >= 4 is 11.8 Å². The number of thioether (sulfide) groups is 1. The number of hydrogen-bond donors (Lipinski definition) is 1. The molecule has 1 aliphatic heterocycles. The number of nitrogens with one attached hydrogen (secondary N) is 1. The number of rotatable bonds is 2. The van der Waals surface area contributed by atoms with Gasteiger partial charge in [-0.3, -0.25) is 0 Å². The summed E-state index contributed by atoms with van der Waals surface area (Å²) in [6.07, 6.45) is 5.27. The van der Waals surface area contributed by atoms with Crippen LogP contribution in [0.3, 0.4) is 0 Å². The molecule has 1 aliphatic rings. The van der Waals surface area contributed by atoms with E-state index in [1.54, 1.807) is 0 Å². The fourth-order valence-corrected chi connectivity index (χ4v) is 3.11. The Morgan fingerprint density at radius 2 is 2.00 bits per heavy atom. The quantitative estimate of drug-likeness (QED) is 0.823. The molecule has 1 heterocycles. The van der Waals surface area contributed by atoms with Gasteiger partial charge in [0.25, 0.3) is 0 Å². The van der Waals surface area contributed by atoms with Crippen LogP contribution in [0, 0.1) is 0 Å². The molecule has 2 heteroatoms. The minimum absolute atomic E-state index is 0.618. The molecule has 0 amide bonds. The monoisotopic (exact) mass is 221 g/mol. The van der Waals surface area contributed by atoms with E-state index in [9.17, 15) is 0 Å². The lowest BCUT2D eigenvalue weighted by Crippen LogP contribution is -2.30. The van der Waals surface area contributed by atoms with Crippen molar-refractivity contribution in [1.82, 2.24) is 5.32 Å². The Hall–Kier alpha value is -0.470. The van der Waals surface area contributed by atoms with Crippen LogP contribution in [0.2, 0.25) is 0 Å². The SMILES string of the molecule is c1ccc(CC2NCCCCCS2)cc1. The fraction of sp³-hybridized carbons (Fsp3) is 0.538. The maximum absolute atomic E-state index is 3.63. The maximum Gasteiger partial charge on any atom is 0.0572 e. The van der Waals surface area contributed by atoms with Crippen molar-refractivity contribution in [2.24, 2.45) is 0 Å². The van der Waals surface area contributed by atoms with E-state index in [0.29, 0.717) is 5.37 Å². The maximum atomic E-state index is 3.63. The molecule has 0 aromatic heterocycles. The first-order chi connectivity index (χ1) is 7.45. The molecular weight excluding hydrogens is 202 g/mol. The first-order valence-corrected chi connectivity index (χ1v) is 6.89. The lowest BCUT2D eigenvalue weighted by molar-refractivity contribution is 0.582. The summed E-state index contributed by atoms with van der Waals surface area (Å²) in [5.74, 6) is 1.31. The van der Waals surface area contributed by atoms with Crippen LogP contribution in [0.1, 0.15) is 24.8 Å². The van der Waals surface area contributed by atoms with Crippen LogP contribution in [-0.4, -0.2) is 17.7 Å². The zero-order chi connectivity index (χ0) is 10.3. The van der Waals surface area contributed by atoms with Crippen LogP contribution >= 0.6 is 11.8 Å². The van der Waals surface area contributed by atoms with Crippen LogP contribution < -0.4 is 5.32 Å². The molecule has 1 aromatic carbocycles. The lowest BCUT2D eigenvalue weighted by atomic mass is 10.1. The molecule has 0 spiro atoms. The highest BCUT2D eigenvalue weighted by Crippen LogP contribution is 2.18.